The third-order valence-corrected chi connectivity index (χ3v) is 2.73. The molecule has 0 radical (unpaired) electrons. The van der Waals surface area contributed by atoms with E-state index in [1.807, 2.05) is 12.1 Å². The van der Waals surface area contributed by atoms with E-state index < -0.39 is 4.92 Å². The minimum Gasteiger partial charge on any atom is -0.508 e. The summed E-state index contributed by atoms with van der Waals surface area (Å²) in [6.45, 7) is 0.404. The molecule has 2 rings (SSSR count). The van der Waals surface area contributed by atoms with Crippen molar-refractivity contribution in [1.82, 2.24) is 0 Å². The first-order valence-electron chi connectivity index (χ1n) is 5.80. The summed E-state index contributed by atoms with van der Waals surface area (Å²) in [4.78, 5) is 10.1. The largest absolute Gasteiger partial charge is 0.508 e. The summed E-state index contributed by atoms with van der Waals surface area (Å²) < 4.78 is 0. The Kier molecular flexibility index (Phi) is 3.82. The summed E-state index contributed by atoms with van der Waals surface area (Å²) >= 11 is 0. The van der Waals surface area contributed by atoms with E-state index in [9.17, 15) is 15.2 Å². The van der Waals surface area contributed by atoms with Gasteiger partial charge < -0.3 is 10.4 Å². The number of benzene rings is 2. The number of hydrogen-bond donors (Lipinski definition) is 2. The zero-order valence-electron chi connectivity index (χ0n) is 10.4. The molecule has 0 fully saturated rings. The number of nitro groups is 1. The van der Waals surface area contributed by atoms with Crippen LogP contribution in [0.1, 0.15) is 11.1 Å². The van der Waals surface area contributed by atoms with Gasteiger partial charge in [-0.15, -0.1) is 0 Å². The molecule has 6 heteroatoms. The maximum Gasteiger partial charge on any atom is 0.270 e. The molecule has 6 nitrogen and oxygen atoms in total. The van der Waals surface area contributed by atoms with Crippen molar-refractivity contribution in [3.63, 3.8) is 0 Å². The van der Waals surface area contributed by atoms with Crippen molar-refractivity contribution < 1.29 is 10.0 Å². The van der Waals surface area contributed by atoms with E-state index in [0.717, 1.165) is 5.56 Å². The first-order chi connectivity index (χ1) is 9.60. The Bertz CT molecular complexity index is 692. The quantitative estimate of drug-likeness (QED) is 0.656. The molecule has 0 aromatic heterocycles. The Morgan fingerprint density at radius 3 is 2.75 bits per heavy atom. The Hall–Kier alpha value is -3.07. The maximum absolute atomic E-state index is 10.6. The number of nitriles is 1. The van der Waals surface area contributed by atoms with Crippen molar-refractivity contribution in [3.8, 4) is 11.8 Å². The molecule has 0 amide bonds. The molecular formula is C14H11N3O3. The molecule has 2 aromatic rings. The zero-order chi connectivity index (χ0) is 14.5. The van der Waals surface area contributed by atoms with Gasteiger partial charge in [0.1, 0.15) is 11.8 Å². The maximum atomic E-state index is 10.6. The van der Waals surface area contributed by atoms with Crippen molar-refractivity contribution >= 4 is 11.4 Å². The van der Waals surface area contributed by atoms with E-state index in [-0.39, 0.29) is 17.0 Å². The summed E-state index contributed by atoms with van der Waals surface area (Å²) in [5, 5.41) is 32.0. The number of hydrogen-bond acceptors (Lipinski definition) is 5. The fraction of sp³-hybridized carbons (Fsp3) is 0.0714. The standard InChI is InChI=1S/C14H11N3O3/c15-8-11-7-12(17(19)20)4-5-14(11)16-9-10-2-1-3-13(18)6-10/h1-7,16,18H,9H2. The van der Waals surface area contributed by atoms with Crippen molar-refractivity contribution in [1.29, 1.82) is 5.26 Å². The van der Waals surface area contributed by atoms with Gasteiger partial charge in [-0.05, 0) is 23.8 Å². The molecule has 0 atom stereocenters. The molecule has 20 heavy (non-hydrogen) atoms. The summed E-state index contributed by atoms with van der Waals surface area (Å²) in [6.07, 6.45) is 0. The molecule has 2 aromatic carbocycles. The monoisotopic (exact) mass is 269 g/mol. The van der Waals surface area contributed by atoms with Crippen molar-refractivity contribution in [2.24, 2.45) is 0 Å². The van der Waals surface area contributed by atoms with E-state index in [0.29, 0.717) is 12.2 Å². The number of nitrogens with zero attached hydrogens (tertiary/aromatic N) is 2. The third kappa shape index (κ3) is 3.03. The van der Waals surface area contributed by atoms with Gasteiger partial charge in [0.25, 0.3) is 5.69 Å². The highest BCUT2D eigenvalue weighted by atomic mass is 16.6. The molecule has 0 aliphatic rings. The van der Waals surface area contributed by atoms with E-state index in [1.165, 1.54) is 18.2 Å². The van der Waals surface area contributed by atoms with Crippen LogP contribution in [0.3, 0.4) is 0 Å². The second kappa shape index (κ2) is 5.71. The molecular weight excluding hydrogens is 258 g/mol. The van der Waals surface area contributed by atoms with E-state index in [4.69, 9.17) is 5.26 Å². The van der Waals surface area contributed by atoms with Crippen molar-refractivity contribution in [3.05, 3.63) is 63.7 Å². The number of phenolic OH excluding ortho intramolecular Hbond substituents is 1. The van der Waals surface area contributed by atoms with E-state index in [1.54, 1.807) is 18.2 Å². The fourth-order valence-corrected chi connectivity index (χ4v) is 1.76. The first kappa shape index (κ1) is 13.4. The lowest BCUT2D eigenvalue weighted by Gasteiger charge is -2.08. The minimum atomic E-state index is -0.542. The normalized spacial score (nSPS) is 9.75. The molecule has 0 spiro atoms. The fourth-order valence-electron chi connectivity index (χ4n) is 1.76. The second-order valence-electron chi connectivity index (χ2n) is 4.12. The average molecular weight is 269 g/mol. The number of non-ortho nitro benzene ring substituents is 1. The highest BCUT2D eigenvalue weighted by molar-refractivity contribution is 5.61. The van der Waals surface area contributed by atoms with Crippen molar-refractivity contribution in [2.45, 2.75) is 6.54 Å². The van der Waals surface area contributed by atoms with Gasteiger partial charge in [-0.2, -0.15) is 5.26 Å². The molecule has 0 heterocycles. The van der Waals surface area contributed by atoms with Gasteiger partial charge >= 0.3 is 0 Å². The van der Waals surface area contributed by atoms with Gasteiger partial charge in [0.15, 0.2) is 0 Å². The molecule has 0 saturated carbocycles. The van der Waals surface area contributed by atoms with Crippen molar-refractivity contribution in [2.75, 3.05) is 5.32 Å². The van der Waals surface area contributed by atoms with Gasteiger partial charge in [-0.3, -0.25) is 10.1 Å². The van der Waals surface area contributed by atoms with Crippen LogP contribution in [0.2, 0.25) is 0 Å². The summed E-state index contributed by atoms with van der Waals surface area (Å²) in [7, 11) is 0. The number of anilines is 1. The Labute approximate surface area is 115 Å². The van der Waals surface area contributed by atoms with E-state index >= 15 is 0 Å². The highest BCUT2D eigenvalue weighted by Crippen LogP contribution is 2.22. The van der Waals surface area contributed by atoms with Crippen LogP contribution in [-0.2, 0) is 6.54 Å². The predicted molar refractivity (Wildman–Crippen MR) is 73.2 cm³/mol. The van der Waals surface area contributed by atoms with Gasteiger partial charge in [0, 0.05) is 18.7 Å². The lowest BCUT2D eigenvalue weighted by molar-refractivity contribution is -0.384. The first-order valence-corrected chi connectivity index (χ1v) is 5.80. The van der Waals surface area contributed by atoms with Crippen LogP contribution in [0, 0.1) is 21.4 Å². The van der Waals surface area contributed by atoms with Gasteiger partial charge in [0.2, 0.25) is 0 Å². The van der Waals surface area contributed by atoms with Gasteiger partial charge in [0.05, 0.1) is 16.2 Å². The SMILES string of the molecule is N#Cc1cc([N+](=O)[O-])ccc1NCc1cccc(O)c1. The molecule has 0 aliphatic carbocycles. The van der Waals surface area contributed by atoms with E-state index in [2.05, 4.69) is 5.32 Å². The Balaban J connectivity index is 2.18. The van der Waals surface area contributed by atoms with Gasteiger partial charge in [-0.25, -0.2) is 0 Å². The van der Waals surface area contributed by atoms with Crippen LogP contribution in [-0.4, -0.2) is 10.0 Å². The van der Waals surface area contributed by atoms with Crippen LogP contribution in [0.15, 0.2) is 42.5 Å². The minimum absolute atomic E-state index is 0.121. The topological polar surface area (TPSA) is 99.2 Å². The number of nitrogens with one attached hydrogen (secondary N) is 1. The molecule has 0 unspecified atom stereocenters. The second-order valence-corrected chi connectivity index (χ2v) is 4.12. The Morgan fingerprint density at radius 1 is 1.30 bits per heavy atom. The number of nitro benzene ring substituents is 1. The highest BCUT2D eigenvalue weighted by Gasteiger charge is 2.10. The molecule has 2 N–H and O–H groups in total. The lowest BCUT2D eigenvalue weighted by atomic mass is 10.1. The summed E-state index contributed by atoms with van der Waals surface area (Å²) in [6, 6.07) is 12.7. The average Bonchev–Trinajstić information content (AvgIpc) is 2.45. The van der Waals surface area contributed by atoms with Gasteiger partial charge in [-0.1, -0.05) is 12.1 Å². The molecule has 100 valence electrons. The summed E-state index contributed by atoms with van der Waals surface area (Å²) in [5.74, 6) is 0.161. The van der Waals surface area contributed by atoms with Crippen LogP contribution in [0.25, 0.3) is 0 Å². The number of rotatable bonds is 4. The summed E-state index contributed by atoms with van der Waals surface area (Å²) in [5.41, 5.74) is 1.44. The van der Waals surface area contributed by atoms with Crippen LogP contribution in [0.4, 0.5) is 11.4 Å². The smallest absolute Gasteiger partial charge is 0.270 e. The Morgan fingerprint density at radius 2 is 2.10 bits per heavy atom. The third-order valence-electron chi connectivity index (χ3n) is 2.73. The van der Waals surface area contributed by atoms with Crippen LogP contribution >= 0.6 is 0 Å². The molecule has 0 saturated heterocycles. The number of phenols is 1. The van der Waals surface area contributed by atoms with Crippen LogP contribution < -0.4 is 5.32 Å². The molecule has 0 aliphatic heterocycles. The molecule has 0 bridgehead atoms. The predicted octanol–water partition coefficient (Wildman–Crippen LogP) is 2.78. The number of aromatic hydroxyl groups is 1. The van der Waals surface area contributed by atoms with Crippen LogP contribution in [0.5, 0.6) is 5.75 Å². The lowest BCUT2D eigenvalue weighted by Crippen LogP contribution is -2.01. The zero-order valence-corrected chi connectivity index (χ0v) is 10.4.